The van der Waals surface area contributed by atoms with Gasteiger partial charge in [0, 0.05) is 23.7 Å². The summed E-state index contributed by atoms with van der Waals surface area (Å²) in [6, 6.07) is 11.4. The van der Waals surface area contributed by atoms with E-state index in [-0.39, 0.29) is 11.9 Å². The Balaban J connectivity index is 1.84. The molecule has 1 atom stereocenters. The van der Waals surface area contributed by atoms with E-state index in [0.717, 1.165) is 54.1 Å². The van der Waals surface area contributed by atoms with Crippen LogP contribution in [0.15, 0.2) is 42.6 Å². The summed E-state index contributed by atoms with van der Waals surface area (Å²) in [5.41, 5.74) is 3.19. The minimum absolute atomic E-state index is 0.0344. The Bertz CT molecular complexity index is 1030. The summed E-state index contributed by atoms with van der Waals surface area (Å²) >= 11 is 0. The van der Waals surface area contributed by atoms with Crippen molar-refractivity contribution in [1.82, 2.24) is 9.88 Å². The van der Waals surface area contributed by atoms with Crippen LogP contribution in [0.4, 0.5) is 15.9 Å². The van der Waals surface area contributed by atoms with Gasteiger partial charge < -0.3 is 10.2 Å². The summed E-state index contributed by atoms with van der Waals surface area (Å²) in [7, 11) is 0. The lowest BCUT2D eigenvalue weighted by Crippen LogP contribution is -2.32. The quantitative estimate of drug-likeness (QED) is 0.618. The molecule has 28 heavy (non-hydrogen) atoms. The fourth-order valence-corrected chi connectivity index (χ4v) is 4.15. The first-order valence-electron chi connectivity index (χ1n) is 9.71. The summed E-state index contributed by atoms with van der Waals surface area (Å²) in [6.45, 7) is 4.59. The molecule has 2 heterocycles. The van der Waals surface area contributed by atoms with E-state index in [1.54, 1.807) is 19.1 Å². The van der Waals surface area contributed by atoms with Gasteiger partial charge in [-0.1, -0.05) is 30.3 Å². The van der Waals surface area contributed by atoms with Crippen LogP contribution in [0.3, 0.4) is 0 Å². The second-order valence-corrected chi connectivity index (χ2v) is 7.48. The monoisotopic (exact) mass is 377 g/mol. The maximum absolute atomic E-state index is 14.5. The number of hydrogen-bond donors (Lipinski definition) is 1. The maximum atomic E-state index is 14.5. The number of rotatable bonds is 4. The van der Waals surface area contributed by atoms with Crippen molar-refractivity contribution < 1.29 is 9.18 Å². The molecule has 0 spiro atoms. The molecule has 4 rings (SSSR count). The molecular weight excluding hydrogens is 353 g/mol. The lowest BCUT2D eigenvalue weighted by atomic mass is 9.91. The number of anilines is 2. The van der Waals surface area contributed by atoms with E-state index < -0.39 is 0 Å². The second-order valence-electron chi connectivity index (χ2n) is 7.48. The number of fused-ring (bicyclic) bond motifs is 1. The average molecular weight is 377 g/mol. The number of aryl methyl sites for hydroxylation is 2. The number of likely N-dealkylation sites (tertiary alicyclic amines) is 1. The van der Waals surface area contributed by atoms with Gasteiger partial charge in [-0.15, -0.1) is 0 Å². The zero-order valence-electron chi connectivity index (χ0n) is 16.2. The van der Waals surface area contributed by atoms with Crippen molar-refractivity contribution in [3.05, 3.63) is 65.1 Å². The number of amides is 1. The minimum Gasteiger partial charge on any atom is -0.338 e. The van der Waals surface area contributed by atoms with Crippen LogP contribution in [0, 0.1) is 19.7 Å². The molecule has 1 unspecified atom stereocenters. The SMILES string of the molecule is Cc1cccc(Nc2ncc(C3CCCCN3C=O)c3c(C)cccc23)c1F. The topological polar surface area (TPSA) is 45.2 Å². The Labute approximate surface area is 164 Å². The molecule has 1 amide bonds. The summed E-state index contributed by atoms with van der Waals surface area (Å²) in [5, 5.41) is 5.20. The molecule has 1 fully saturated rings. The molecule has 0 radical (unpaired) electrons. The molecule has 1 aliphatic heterocycles. The number of hydrogen-bond acceptors (Lipinski definition) is 3. The van der Waals surface area contributed by atoms with Gasteiger partial charge >= 0.3 is 0 Å². The Kier molecular flexibility index (Phi) is 4.99. The van der Waals surface area contributed by atoms with Crippen molar-refractivity contribution in [2.45, 2.75) is 39.2 Å². The fraction of sp³-hybridized carbons (Fsp3) is 0.304. The summed E-state index contributed by atoms with van der Waals surface area (Å²) < 4.78 is 14.5. The molecule has 2 aromatic carbocycles. The highest BCUT2D eigenvalue weighted by molar-refractivity contribution is 5.97. The van der Waals surface area contributed by atoms with Crippen LogP contribution in [-0.2, 0) is 4.79 Å². The molecular formula is C23H24FN3O. The van der Waals surface area contributed by atoms with E-state index in [2.05, 4.69) is 23.3 Å². The highest BCUT2D eigenvalue weighted by Gasteiger charge is 2.26. The van der Waals surface area contributed by atoms with E-state index in [9.17, 15) is 9.18 Å². The standard InChI is InChI=1S/C23H24FN3O/c1-15-7-5-9-17-21(15)18(20-11-3-4-12-27(20)14-28)13-25-23(17)26-19-10-6-8-16(2)22(19)24/h5-10,13-14,20H,3-4,11-12H2,1-2H3,(H,25,26). The summed E-state index contributed by atoms with van der Waals surface area (Å²) in [5.74, 6) is 0.356. The number of carbonyl (C=O) groups excluding carboxylic acids is 1. The third-order valence-electron chi connectivity index (χ3n) is 5.63. The highest BCUT2D eigenvalue weighted by atomic mass is 19.1. The van der Waals surface area contributed by atoms with Gasteiger partial charge in [-0.2, -0.15) is 0 Å². The Hall–Kier alpha value is -2.95. The van der Waals surface area contributed by atoms with E-state index in [1.807, 2.05) is 29.3 Å². The summed E-state index contributed by atoms with van der Waals surface area (Å²) in [6.07, 6.45) is 5.85. The maximum Gasteiger partial charge on any atom is 0.210 e. The molecule has 1 aliphatic rings. The van der Waals surface area contributed by atoms with E-state index in [1.165, 1.54) is 0 Å². The van der Waals surface area contributed by atoms with Gasteiger partial charge in [-0.05, 0) is 55.7 Å². The molecule has 144 valence electrons. The molecule has 5 heteroatoms. The zero-order valence-corrected chi connectivity index (χ0v) is 16.2. The van der Waals surface area contributed by atoms with Crippen molar-refractivity contribution in [3.63, 3.8) is 0 Å². The molecule has 1 N–H and O–H groups in total. The van der Waals surface area contributed by atoms with Crippen LogP contribution in [0.5, 0.6) is 0 Å². The van der Waals surface area contributed by atoms with Crippen LogP contribution in [-0.4, -0.2) is 22.8 Å². The molecule has 0 bridgehead atoms. The number of nitrogens with zero attached hydrogens (tertiary/aromatic N) is 2. The average Bonchev–Trinajstić information content (AvgIpc) is 2.72. The third kappa shape index (κ3) is 3.21. The molecule has 3 aromatic rings. The van der Waals surface area contributed by atoms with Gasteiger partial charge in [0.15, 0.2) is 0 Å². The molecule has 1 aromatic heterocycles. The number of carbonyl (C=O) groups is 1. The Morgan fingerprint density at radius 1 is 1.14 bits per heavy atom. The first-order valence-corrected chi connectivity index (χ1v) is 9.71. The molecule has 4 nitrogen and oxygen atoms in total. The van der Waals surface area contributed by atoms with E-state index in [4.69, 9.17) is 0 Å². The second kappa shape index (κ2) is 7.58. The number of aromatic nitrogens is 1. The van der Waals surface area contributed by atoms with Crippen LogP contribution in [0.2, 0.25) is 0 Å². The predicted molar refractivity (Wildman–Crippen MR) is 110 cm³/mol. The number of nitrogens with one attached hydrogen (secondary N) is 1. The van der Waals surface area contributed by atoms with Crippen molar-refractivity contribution in [2.75, 3.05) is 11.9 Å². The number of piperidine rings is 1. The third-order valence-corrected chi connectivity index (χ3v) is 5.63. The molecule has 0 aliphatic carbocycles. The highest BCUT2D eigenvalue weighted by Crippen LogP contribution is 2.38. The Morgan fingerprint density at radius 2 is 1.93 bits per heavy atom. The van der Waals surface area contributed by atoms with Crippen molar-refractivity contribution in [1.29, 1.82) is 0 Å². The molecule has 0 saturated carbocycles. The molecule has 1 saturated heterocycles. The number of benzene rings is 2. The van der Waals surface area contributed by atoms with Gasteiger partial charge in [-0.25, -0.2) is 9.37 Å². The van der Waals surface area contributed by atoms with Gasteiger partial charge in [0.1, 0.15) is 11.6 Å². The van der Waals surface area contributed by atoms with Gasteiger partial charge in [0.25, 0.3) is 0 Å². The Morgan fingerprint density at radius 3 is 2.75 bits per heavy atom. The van der Waals surface area contributed by atoms with Crippen LogP contribution < -0.4 is 5.32 Å². The van der Waals surface area contributed by atoms with Crippen molar-refractivity contribution in [2.24, 2.45) is 0 Å². The first kappa shape index (κ1) is 18.4. The van der Waals surface area contributed by atoms with E-state index in [0.29, 0.717) is 17.1 Å². The minimum atomic E-state index is -0.270. The van der Waals surface area contributed by atoms with Gasteiger partial charge in [-0.3, -0.25) is 4.79 Å². The van der Waals surface area contributed by atoms with Crippen molar-refractivity contribution >= 4 is 28.7 Å². The normalized spacial score (nSPS) is 17.0. The fourth-order valence-electron chi connectivity index (χ4n) is 4.15. The largest absolute Gasteiger partial charge is 0.338 e. The lowest BCUT2D eigenvalue weighted by molar-refractivity contribution is -0.121. The van der Waals surface area contributed by atoms with Gasteiger partial charge in [0.2, 0.25) is 6.41 Å². The van der Waals surface area contributed by atoms with Crippen LogP contribution in [0.25, 0.3) is 10.8 Å². The van der Waals surface area contributed by atoms with Crippen LogP contribution >= 0.6 is 0 Å². The summed E-state index contributed by atoms with van der Waals surface area (Å²) in [4.78, 5) is 18.1. The number of halogens is 1. The van der Waals surface area contributed by atoms with Crippen LogP contribution in [0.1, 0.15) is 42.0 Å². The predicted octanol–water partition coefficient (Wildman–Crippen LogP) is 5.42. The first-order chi connectivity index (χ1) is 13.6. The lowest BCUT2D eigenvalue weighted by Gasteiger charge is -2.34. The number of pyridine rings is 1. The smallest absolute Gasteiger partial charge is 0.210 e. The van der Waals surface area contributed by atoms with E-state index >= 15 is 0 Å². The zero-order chi connectivity index (χ0) is 19.7. The van der Waals surface area contributed by atoms with Gasteiger partial charge in [0.05, 0.1) is 11.7 Å². The van der Waals surface area contributed by atoms with Crippen molar-refractivity contribution in [3.8, 4) is 0 Å².